The molecule has 4 rings (SSSR count). The average Bonchev–Trinajstić information content (AvgIpc) is 2.85. The van der Waals surface area contributed by atoms with Crippen molar-refractivity contribution in [2.75, 3.05) is 5.73 Å². The number of imide groups is 1. The van der Waals surface area contributed by atoms with Crippen molar-refractivity contribution >= 4 is 17.5 Å². The summed E-state index contributed by atoms with van der Waals surface area (Å²) in [5, 5.41) is 0. The molecule has 1 unspecified atom stereocenters. The van der Waals surface area contributed by atoms with Crippen molar-refractivity contribution in [3.8, 4) is 0 Å². The van der Waals surface area contributed by atoms with Crippen molar-refractivity contribution in [2.45, 2.75) is 45.1 Å². The topological polar surface area (TPSA) is 76.3 Å². The SMILES string of the molecule is CC1(C)CC(c2ccncc2N)C[C@H](N2C(=O)c3ccccc3C2=O)C1. The lowest BCUT2D eigenvalue weighted by molar-refractivity contribution is 0.0448. The van der Waals surface area contributed by atoms with Crippen LogP contribution in [0.25, 0.3) is 0 Å². The van der Waals surface area contributed by atoms with E-state index in [1.54, 1.807) is 36.7 Å². The van der Waals surface area contributed by atoms with E-state index < -0.39 is 0 Å². The first kappa shape index (κ1) is 16.8. The fourth-order valence-electron chi connectivity index (χ4n) is 4.65. The summed E-state index contributed by atoms with van der Waals surface area (Å²) in [4.78, 5) is 31.4. The summed E-state index contributed by atoms with van der Waals surface area (Å²) in [7, 11) is 0. The number of hydrogen-bond donors (Lipinski definition) is 1. The van der Waals surface area contributed by atoms with Gasteiger partial charge in [-0.25, -0.2) is 0 Å². The molecule has 134 valence electrons. The van der Waals surface area contributed by atoms with Crippen LogP contribution in [0.4, 0.5) is 5.69 Å². The number of carbonyl (C=O) groups is 2. The monoisotopic (exact) mass is 349 g/mol. The second-order valence-electron chi connectivity index (χ2n) is 8.19. The predicted octanol–water partition coefficient (Wildman–Crippen LogP) is 3.62. The Morgan fingerprint density at radius 3 is 2.35 bits per heavy atom. The summed E-state index contributed by atoms with van der Waals surface area (Å²) in [6, 6.07) is 8.92. The zero-order chi connectivity index (χ0) is 18.5. The van der Waals surface area contributed by atoms with Gasteiger partial charge in [0.05, 0.1) is 23.0 Å². The number of nitrogen functional groups attached to an aromatic ring is 1. The standard InChI is InChI=1S/C21H23N3O2/c1-21(2)10-13(15-7-8-23-12-18(15)22)9-14(11-21)24-19(25)16-5-3-4-6-17(16)20(24)26/h3-8,12-14H,9-11,22H2,1-2H3/t13?,14-/m0/s1. The molecule has 1 fully saturated rings. The van der Waals surface area contributed by atoms with E-state index in [-0.39, 0.29) is 29.2 Å². The van der Waals surface area contributed by atoms with Crippen LogP contribution in [0.3, 0.4) is 0 Å². The molecular weight excluding hydrogens is 326 g/mol. The van der Waals surface area contributed by atoms with Gasteiger partial charge < -0.3 is 5.73 Å². The van der Waals surface area contributed by atoms with Gasteiger partial charge >= 0.3 is 0 Å². The first-order valence-electron chi connectivity index (χ1n) is 9.04. The zero-order valence-corrected chi connectivity index (χ0v) is 15.1. The smallest absolute Gasteiger partial charge is 0.261 e. The molecule has 0 saturated heterocycles. The lowest BCUT2D eigenvalue weighted by Gasteiger charge is -2.43. The lowest BCUT2D eigenvalue weighted by atomic mass is 9.67. The van der Waals surface area contributed by atoms with Gasteiger partial charge in [-0.1, -0.05) is 26.0 Å². The van der Waals surface area contributed by atoms with Crippen LogP contribution >= 0.6 is 0 Å². The summed E-state index contributed by atoms with van der Waals surface area (Å²) in [6.07, 6.45) is 5.95. The van der Waals surface area contributed by atoms with E-state index in [1.807, 2.05) is 6.07 Å². The van der Waals surface area contributed by atoms with Crippen LogP contribution in [0.2, 0.25) is 0 Å². The molecule has 1 aromatic carbocycles. The highest BCUT2D eigenvalue weighted by molar-refractivity contribution is 6.21. The number of hydrogen-bond acceptors (Lipinski definition) is 4. The number of aromatic nitrogens is 1. The molecule has 0 bridgehead atoms. The van der Waals surface area contributed by atoms with Gasteiger partial charge in [0.15, 0.2) is 0 Å². The molecule has 1 aromatic heterocycles. The van der Waals surface area contributed by atoms with E-state index in [2.05, 4.69) is 18.8 Å². The third-order valence-corrected chi connectivity index (χ3v) is 5.66. The van der Waals surface area contributed by atoms with Gasteiger partial charge in [-0.3, -0.25) is 19.5 Å². The van der Waals surface area contributed by atoms with Gasteiger partial charge in [0.25, 0.3) is 11.8 Å². The highest BCUT2D eigenvalue weighted by Gasteiger charge is 2.45. The molecule has 5 nitrogen and oxygen atoms in total. The highest BCUT2D eigenvalue weighted by Crippen LogP contribution is 2.47. The minimum absolute atomic E-state index is 0.0125. The molecular formula is C21H23N3O2. The maximum Gasteiger partial charge on any atom is 0.261 e. The number of anilines is 1. The molecule has 2 aliphatic rings. The van der Waals surface area contributed by atoms with Gasteiger partial charge in [-0.05, 0) is 54.4 Å². The molecule has 5 heteroatoms. The van der Waals surface area contributed by atoms with Crippen molar-refractivity contribution in [1.29, 1.82) is 0 Å². The van der Waals surface area contributed by atoms with Crippen molar-refractivity contribution in [3.05, 3.63) is 59.4 Å². The van der Waals surface area contributed by atoms with Crippen molar-refractivity contribution in [2.24, 2.45) is 5.41 Å². The third-order valence-electron chi connectivity index (χ3n) is 5.66. The Labute approximate surface area is 153 Å². The summed E-state index contributed by atoms with van der Waals surface area (Å²) >= 11 is 0. The number of amides is 2. The van der Waals surface area contributed by atoms with E-state index in [9.17, 15) is 9.59 Å². The second-order valence-corrected chi connectivity index (χ2v) is 8.19. The van der Waals surface area contributed by atoms with Crippen molar-refractivity contribution in [1.82, 2.24) is 9.88 Å². The largest absolute Gasteiger partial charge is 0.397 e. The molecule has 1 saturated carbocycles. The minimum atomic E-state index is -0.172. The number of nitrogens with zero attached hydrogens (tertiary/aromatic N) is 2. The Morgan fingerprint density at radius 2 is 1.73 bits per heavy atom. The fraction of sp³-hybridized carbons (Fsp3) is 0.381. The van der Waals surface area contributed by atoms with Gasteiger partial charge in [-0.15, -0.1) is 0 Å². The summed E-state index contributed by atoms with van der Waals surface area (Å²) < 4.78 is 0. The van der Waals surface area contributed by atoms with Gasteiger partial charge in [0.1, 0.15) is 0 Å². The molecule has 0 spiro atoms. The fourth-order valence-corrected chi connectivity index (χ4v) is 4.65. The summed E-state index contributed by atoms with van der Waals surface area (Å²) in [5.74, 6) is -0.138. The molecule has 2 amide bonds. The van der Waals surface area contributed by atoms with Gasteiger partial charge in [0, 0.05) is 12.2 Å². The summed E-state index contributed by atoms with van der Waals surface area (Å²) in [6.45, 7) is 4.39. The molecule has 26 heavy (non-hydrogen) atoms. The Hall–Kier alpha value is -2.69. The normalized spacial score (nSPS) is 24.6. The molecule has 1 aliphatic carbocycles. The van der Waals surface area contributed by atoms with Gasteiger partial charge in [-0.2, -0.15) is 0 Å². The van der Waals surface area contributed by atoms with E-state index in [0.29, 0.717) is 16.8 Å². The van der Waals surface area contributed by atoms with E-state index >= 15 is 0 Å². The predicted molar refractivity (Wildman–Crippen MR) is 99.8 cm³/mol. The molecule has 1 aliphatic heterocycles. The Bertz CT molecular complexity index is 855. The average molecular weight is 349 g/mol. The molecule has 2 N–H and O–H groups in total. The Balaban J connectivity index is 1.68. The van der Waals surface area contributed by atoms with Crippen LogP contribution < -0.4 is 5.73 Å². The molecule has 2 heterocycles. The maximum atomic E-state index is 12.9. The van der Waals surface area contributed by atoms with Crippen LogP contribution in [0.1, 0.15) is 65.3 Å². The zero-order valence-electron chi connectivity index (χ0n) is 15.1. The first-order chi connectivity index (χ1) is 12.4. The van der Waals surface area contributed by atoms with Crippen molar-refractivity contribution < 1.29 is 9.59 Å². The minimum Gasteiger partial charge on any atom is -0.397 e. The van der Waals surface area contributed by atoms with Gasteiger partial charge in [0.2, 0.25) is 0 Å². The van der Waals surface area contributed by atoms with E-state index in [1.165, 1.54) is 4.90 Å². The van der Waals surface area contributed by atoms with E-state index in [0.717, 1.165) is 24.8 Å². The highest BCUT2D eigenvalue weighted by atomic mass is 16.2. The number of pyridine rings is 1. The number of carbonyl (C=O) groups excluding carboxylic acids is 2. The first-order valence-corrected chi connectivity index (χ1v) is 9.04. The number of benzene rings is 1. The van der Waals surface area contributed by atoms with Crippen LogP contribution in [0, 0.1) is 5.41 Å². The number of rotatable bonds is 2. The van der Waals surface area contributed by atoms with Crippen LogP contribution in [0.15, 0.2) is 42.7 Å². The summed E-state index contributed by atoms with van der Waals surface area (Å²) in [5.41, 5.74) is 8.94. The second kappa shape index (κ2) is 5.94. The quantitative estimate of drug-likeness (QED) is 0.840. The van der Waals surface area contributed by atoms with Crippen LogP contribution in [-0.4, -0.2) is 27.7 Å². The van der Waals surface area contributed by atoms with Crippen LogP contribution in [0.5, 0.6) is 0 Å². The van der Waals surface area contributed by atoms with Crippen molar-refractivity contribution in [3.63, 3.8) is 0 Å². The van der Waals surface area contributed by atoms with E-state index in [4.69, 9.17) is 5.73 Å². The lowest BCUT2D eigenvalue weighted by Crippen LogP contribution is -2.46. The number of fused-ring (bicyclic) bond motifs is 1. The number of nitrogens with two attached hydrogens (primary N) is 1. The maximum absolute atomic E-state index is 12.9. The Kier molecular flexibility index (Phi) is 3.83. The Morgan fingerprint density at radius 1 is 1.08 bits per heavy atom. The molecule has 0 radical (unpaired) electrons. The van der Waals surface area contributed by atoms with Crippen LogP contribution in [-0.2, 0) is 0 Å². The third kappa shape index (κ3) is 2.68. The molecule has 2 aromatic rings. The molecule has 2 atom stereocenters.